The Bertz CT molecular complexity index is 1400. The zero-order valence-electron chi connectivity index (χ0n) is 23.7. The number of nitrogens with zero attached hydrogens (tertiary/aromatic N) is 1. The van der Waals surface area contributed by atoms with E-state index in [2.05, 4.69) is 126 Å². The maximum Gasteiger partial charge on any atom is 0.0625 e. The largest absolute Gasteiger partial charge is 0.198 e. The van der Waals surface area contributed by atoms with Gasteiger partial charge in [0.15, 0.2) is 0 Å². The van der Waals surface area contributed by atoms with Gasteiger partial charge in [-0.05, 0) is 100 Å². The van der Waals surface area contributed by atoms with Gasteiger partial charge in [-0.3, -0.25) is 0 Å². The maximum atomic E-state index is 9.07. The molecule has 0 spiro atoms. The minimum atomic E-state index is 0.561. The zero-order chi connectivity index (χ0) is 27.1. The smallest absolute Gasteiger partial charge is 0.0625 e. The van der Waals surface area contributed by atoms with E-state index in [9.17, 15) is 0 Å². The van der Waals surface area contributed by atoms with Gasteiger partial charge in [0.25, 0.3) is 0 Å². The Morgan fingerprint density at radius 2 is 1.24 bits per heavy atom. The van der Waals surface area contributed by atoms with Crippen LogP contribution in [0.5, 0.6) is 0 Å². The highest BCUT2D eigenvalue weighted by molar-refractivity contribution is 5.76. The Balaban J connectivity index is 1.82. The maximum absolute atomic E-state index is 9.07. The van der Waals surface area contributed by atoms with Crippen LogP contribution in [0.4, 0.5) is 0 Å². The molecule has 0 unspecified atom stereocenters. The number of hydrogen-bond donors (Lipinski definition) is 0. The van der Waals surface area contributed by atoms with Gasteiger partial charge in [-0.2, -0.15) is 5.26 Å². The highest BCUT2D eigenvalue weighted by Crippen LogP contribution is 2.34. The number of aryl methyl sites for hydroxylation is 2. The van der Waals surface area contributed by atoms with Crippen molar-refractivity contribution in [2.24, 2.45) is 11.8 Å². The molecular weight excluding hydrogens is 458 g/mol. The molecule has 0 aliphatic heterocycles. The Hall–Kier alpha value is -3.63. The van der Waals surface area contributed by atoms with Gasteiger partial charge in [0.2, 0.25) is 0 Å². The van der Waals surface area contributed by atoms with Gasteiger partial charge < -0.3 is 0 Å². The van der Waals surface area contributed by atoms with Crippen LogP contribution in [0, 0.1) is 30.1 Å². The van der Waals surface area contributed by atoms with Crippen molar-refractivity contribution in [3.05, 3.63) is 118 Å². The van der Waals surface area contributed by atoms with Crippen LogP contribution >= 0.6 is 0 Å². The third-order valence-corrected chi connectivity index (χ3v) is 7.27. The van der Waals surface area contributed by atoms with Crippen molar-refractivity contribution >= 4 is 0 Å². The Morgan fingerprint density at radius 1 is 0.632 bits per heavy atom. The third-order valence-electron chi connectivity index (χ3n) is 7.27. The molecule has 0 amide bonds. The molecule has 0 heterocycles. The predicted octanol–water partition coefficient (Wildman–Crippen LogP) is 9.77. The first-order valence-electron chi connectivity index (χ1n) is 14.1. The van der Waals surface area contributed by atoms with Gasteiger partial charge in [0.05, 0.1) is 6.07 Å². The van der Waals surface area contributed by atoms with Crippen molar-refractivity contribution in [3.8, 4) is 28.3 Å². The molecule has 1 nitrogen and oxygen atoms in total. The minimum Gasteiger partial charge on any atom is -0.198 e. The number of benzene rings is 4. The molecule has 0 saturated carbocycles. The molecule has 194 valence electrons. The molecule has 38 heavy (non-hydrogen) atoms. The number of rotatable bonds is 10. The highest BCUT2D eigenvalue weighted by atomic mass is 14.2. The Labute approximate surface area is 230 Å². The average Bonchev–Trinajstić information content (AvgIpc) is 2.89. The summed E-state index contributed by atoms with van der Waals surface area (Å²) in [6, 6.07) is 33.9. The second-order valence-corrected chi connectivity index (χ2v) is 11.5. The summed E-state index contributed by atoms with van der Waals surface area (Å²) in [5.41, 5.74) is 13.3. The fraction of sp³-hybridized carbons (Fsp3) is 0.324. The van der Waals surface area contributed by atoms with Crippen molar-refractivity contribution in [2.45, 2.75) is 66.7 Å². The average molecular weight is 500 g/mol. The summed E-state index contributed by atoms with van der Waals surface area (Å²) >= 11 is 0. The predicted molar refractivity (Wildman–Crippen MR) is 162 cm³/mol. The molecule has 1 heteroatoms. The summed E-state index contributed by atoms with van der Waals surface area (Å²) in [5, 5.41) is 9.07. The van der Waals surface area contributed by atoms with E-state index >= 15 is 0 Å². The molecule has 0 aromatic heterocycles. The Kier molecular flexibility index (Phi) is 9.19. The van der Waals surface area contributed by atoms with E-state index in [1.807, 2.05) is 0 Å². The fourth-order valence-electron chi connectivity index (χ4n) is 5.40. The first kappa shape index (κ1) is 27.4. The summed E-state index contributed by atoms with van der Waals surface area (Å²) in [6.45, 7) is 11.4. The topological polar surface area (TPSA) is 23.8 Å². The van der Waals surface area contributed by atoms with E-state index in [0.29, 0.717) is 18.3 Å². The zero-order valence-corrected chi connectivity index (χ0v) is 23.7. The van der Waals surface area contributed by atoms with E-state index in [1.54, 1.807) is 0 Å². The minimum absolute atomic E-state index is 0.561. The van der Waals surface area contributed by atoms with E-state index in [-0.39, 0.29) is 0 Å². The van der Waals surface area contributed by atoms with Crippen molar-refractivity contribution in [3.63, 3.8) is 0 Å². The van der Waals surface area contributed by atoms with Crippen molar-refractivity contribution in [1.29, 1.82) is 5.26 Å². The summed E-state index contributed by atoms with van der Waals surface area (Å²) in [5.74, 6) is 1.19. The normalized spacial score (nSPS) is 11.2. The molecule has 4 rings (SSSR count). The third kappa shape index (κ3) is 7.02. The lowest BCUT2D eigenvalue weighted by molar-refractivity contribution is 0.645. The molecule has 0 atom stereocenters. The van der Waals surface area contributed by atoms with E-state index in [1.165, 1.54) is 55.6 Å². The molecular formula is C37H41N. The molecule has 0 radical (unpaired) electrons. The van der Waals surface area contributed by atoms with Crippen LogP contribution in [-0.4, -0.2) is 0 Å². The first-order valence-corrected chi connectivity index (χ1v) is 14.1. The number of nitriles is 1. The summed E-state index contributed by atoms with van der Waals surface area (Å²) in [7, 11) is 0. The lowest BCUT2D eigenvalue weighted by atomic mass is 9.86. The highest BCUT2D eigenvalue weighted by Gasteiger charge is 2.14. The summed E-state index contributed by atoms with van der Waals surface area (Å²) in [4.78, 5) is 0. The van der Waals surface area contributed by atoms with Crippen LogP contribution in [0.3, 0.4) is 0 Å². The van der Waals surface area contributed by atoms with Gasteiger partial charge in [-0.25, -0.2) is 0 Å². The molecule has 4 aromatic rings. The number of hydrogen-bond acceptors (Lipinski definition) is 1. The Morgan fingerprint density at radius 3 is 1.92 bits per heavy atom. The van der Waals surface area contributed by atoms with Crippen molar-refractivity contribution < 1.29 is 0 Å². The second kappa shape index (κ2) is 12.7. The van der Waals surface area contributed by atoms with Crippen LogP contribution in [0.25, 0.3) is 22.3 Å². The lowest BCUT2D eigenvalue weighted by Gasteiger charge is -2.18. The molecule has 0 bridgehead atoms. The quantitative estimate of drug-likeness (QED) is 0.213. The lowest BCUT2D eigenvalue weighted by Crippen LogP contribution is -2.01. The van der Waals surface area contributed by atoms with Gasteiger partial charge >= 0.3 is 0 Å². The standard InChI is InChI=1S/C37H41N/c1-26(2)20-33-24-31(15-13-28(33)5)37-18-16-32(25-35(37)22-29-10-7-6-8-11-29)36-17-14-30(12-9-19-38)23-34(36)21-27(3)4/h6-8,10-11,13-18,23-27H,9,12,20-22H2,1-5H3. The first-order chi connectivity index (χ1) is 18.3. The summed E-state index contributed by atoms with van der Waals surface area (Å²) in [6.07, 6.45) is 4.40. The van der Waals surface area contributed by atoms with Crippen LogP contribution in [0.2, 0.25) is 0 Å². The van der Waals surface area contributed by atoms with Crippen LogP contribution in [0.1, 0.15) is 67.5 Å². The van der Waals surface area contributed by atoms with Crippen LogP contribution < -0.4 is 0 Å². The van der Waals surface area contributed by atoms with Crippen LogP contribution in [-0.2, 0) is 25.7 Å². The van der Waals surface area contributed by atoms with Gasteiger partial charge in [0, 0.05) is 6.42 Å². The SMILES string of the molecule is Cc1ccc(-c2ccc(-c3ccc(CCC#N)cc3CC(C)C)cc2Cc2ccccc2)cc1CC(C)C. The molecule has 0 fully saturated rings. The van der Waals surface area contributed by atoms with Gasteiger partial charge in [0.1, 0.15) is 0 Å². The monoisotopic (exact) mass is 499 g/mol. The molecule has 0 N–H and O–H groups in total. The molecule has 0 saturated heterocycles. The molecule has 4 aromatic carbocycles. The van der Waals surface area contributed by atoms with Gasteiger partial charge in [-0.1, -0.05) is 113 Å². The van der Waals surface area contributed by atoms with E-state index < -0.39 is 0 Å². The fourth-order valence-corrected chi connectivity index (χ4v) is 5.40. The second-order valence-electron chi connectivity index (χ2n) is 11.5. The van der Waals surface area contributed by atoms with Crippen molar-refractivity contribution in [1.82, 2.24) is 0 Å². The summed E-state index contributed by atoms with van der Waals surface area (Å²) < 4.78 is 0. The van der Waals surface area contributed by atoms with Crippen LogP contribution in [0.15, 0.2) is 84.9 Å². The van der Waals surface area contributed by atoms with Crippen molar-refractivity contribution in [2.75, 3.05) is 0 Å². The van der Waals surface area contributed by atoms with Gasteiger partial charge in [-0.15, -0.1) is 0 Å². The molecule has 0 aliphatic rings. The molecule has 0 aliphatic carbocycles. The van der Waals surface area contributed by atoms with E-state index in [4.69, 9.17) is 5.26 Å². The van der Waals surface area contributed by atoms with E-state index in [0.717, 1.165) is 25.7 Å².